The average Bonchev–Trinajstić information content (AvgIpc) is 3.19. The molecule has 3 aromatic rings. The molecular weight excluding hydrogens is 292 g/mol. The molecule has 7 nitrogen and oxygen atoms in total. The van der Waals surface area contributed by atoms with Crippen LogP contribution in [0.5, 0.6) is 0 Å². The van der Waals surface area contributed by atoms with Crippen LogP contribution in [0.15, 0.2) is 49.1 Å². The van der Waals surface area contributed by atoms with E-state index in [-0.39, 0.29) is 5.91 Å². The summed E-state index contributed by atoms with van der Waals surface area (Å²) in [5.41, 5.74) is 2.24. The zero-order valence-corrected chi connectivity index (χ0v) is 12.9. The van der Waals surface area contributed by atoms with Crippen molar-refractivity contribution in [1.29, 1.82) is 0 Å². The molecule has 0 aliphatic rings. The van der Waals surface area contributed by atoms with Gasteiger partial charge in [-0.1, -0.05) is 35.5 Å². The third-order valence-electron chi connectivity index (χ3n) is 3.59. The lowest BCUT2D eigenvalue weighted by Gasteiger charge is -2.06. The normalized spacial score (nSPS) is 10.7. The van der Waals surface area contributed by atoms with E-state index in [1.165, 1.54) is 0 Å². The summed E-state index contributed by atoms with van der Waals surface area (Å²) in [6.07, 6.45) is 5.28. The molecule has 7 heteroatoms. The molecule has 0 spiro atoms. The molecule has 1 aromatic carbocycles. The number of aromatic nitrogens is 5. The summed E-state index contributed by atoms with van der Waals surface area (Å²) in [7, 11) is 0. The number of rotatable bonds is 6. The highest BCUT2D eigenvalue weighted by Gasteiger charge is 2.16. The van der Waals surface area contributed by atoms with Crippen molar-refractivity contribution in [2.75, 3.05) is 6.54 Å². The molecule has 0 aliphatic carbocycles. The molecule has 1 N–H and O–H groups in total. The molecule has 0 fully saturated rings. The smallest absolute Gasteiger partial charge is 0.273 e. The minimum atomic E-state index is -0.207. The van der Waals surface area contributed by atoms with E-state index < -0.39 is 0 Å². The molecule has 0 atom stereocenters. The lowest BCUT2D eigenvalue weighted by molar-refractivity contribution is 0.0946. The van der Waals surface area contributed by atoms with Gasteiger partial charge < -0.3 is 9.88 Å². The summed E-state index contributed by atoms with van der Waals surface area (Å²) in [6.45, 7) is 3.64. The topological polar surface area (TPSA) is 77.6 Å². The summed E-state index contributed by atoms with van der Waals surface area (Å²) in [6, 6.07) is 9.96. The van der Waals surface area contributed by atoms with Gasteiger partial charge in [-0.2, -0.15) is 0 Å². The van der Waals surface area contributed by atoms with Crippen LogP contribution in [-0.2, 0) is 13.1 Å². The Hall–Kier alpha value is -2.96. The highest BCUT2D eigenvalue weighted by Crippen LogP contribution is 2.07. The lowest BCUT2D eigenvalue weighted by Crippen LogP contribution is -2.28. The van der Waals surface area contributed by atoms with Gasteiger partial charge in [-0.3, -0.25) is 4.79 Å². The molecule has 3 rings (SSSR count). The fourth-order valence-corrected chi connectivity index (χ4v) is 2.28. The predicted octanol–water partition coefficient (Wildman–Crippen LogP) is 1.26. The highest BCUT2D eigenvalue weighted by atomic mass is 16.2. The Labute approximate surface area is 134 Å². The van der Waals surface area contributed by atoms with Crippen LogP contribution < -0.4 is 5.32 Å². The zero-order chi connectivity index (χ0) is 16.1. The fraction of sp³-hybridized carbons (Fsp3) is 0.250. The summed E-state index contributed by atoms with van der Waals surface area (Å²) in [5.74, 6) is -0.207. The van der Waals surface area contributed by atoms with Gasteiger partial charge in [0.25, 0.3) is 5.91 Å². The molecular formula is C16H18N6O. The van der Waals surface area contributed by atoms with Crippen molar-refractivity contribution in [1.82, 2.24) is 29.9 Å². The molecule has 0 aliphatic heterocycles. The van der Waals surface area contributed by atoms with Crippen molar-refractivity contribution < 1.29 is 4.79 Å². The predicted molar refractivity (Wildman–Crippen MR) is 84.9 cm³/mol. The Morgan fingerprint density at radius 1 is 1.26 bits per heavy atom. The molecule has 0 saturated heterocycles. The minimum absolute atomic E-state index is 0.207. The Bertz CT molecular complexity index is 763. The SMILES string of the molecule is Cc1c(C(=O)NCCn2ccnc2)nnn1Cc1ccccc1. The summed E-state index contributed by atoms with van der Waals surface area (Å²) < 4.78 is 3.64. The van der Waals surface area contributed by atoms with Crippen molar-refractivity contribution in [3.8, 4) is 0 Å². The van der Waals surface area contributed by atoms with Crippen LogP contribution in [0.1, 0.15) is 21.7 Å². The third-order valence-corrected chi connectivity index (χ3v) is 3.59. The molecule has 2 heterocycles. The van der Waals surface area contributed by atoms with Crippen molar-refractivity contribution in [2.24, 2.45) is 0 Å². The van der Waals surface area contributed by atoms with Crippen LogP contribution in [0.2, 0.25) is 0 Å². The van der Waals surface area contributed by atoms with Crippen LogP contribution in [0.3, 0.4) is 0 Å². The Kier molecular flexibility index (Phi) is 4.46. The van der Waals surface area contributed by atoms with E-state index in [0.717, 1.165) is 11.3 Å². The molecule has 23 heavy (non-hydrogen) atoms. The maximum absolute atomic E-state index is 12.2. The Morgan fingerprint density at radius 3 is 2.83 bits per heavy atom. The number of carbonyl (C=O) groups excluding carboxylic acids is 1. The van der Waals surface area contributed by atoms with Gasteiger partial charge in [0.2, 0.25) is 0 Å². The van der Waals surface area contributed by atoms with E-state index in [2.05, 4.69) is 20.6 Å². The van der Waals surface area contributed by atoms with Gasteiger partial charge in [0.05, 0.1) is 18.6 Å². The van der Waals surface area contributed by atoms with Gasteiger partial charge in [-0.15, -0.1) is 5.10 Å². The van der Waals surface area contributed by atoms with E-state index in [0.29, 0.717) is 25.3 Å². The van der Waals surface area contributed by atoms with Crippen LogP contribution in [0, 0.1) is 6.92 Å². The quantitative estimate of drug-likeness (QED) is 0.743. The van der Waals surface area contributed by atoms with Gasteiger partial charge in [-0.05, 0) is 12.5 Å². The van der Waals surface area contributed by atoms with Crippen LogP contribution in [0.25, 0.3) is 0 Å². The monoisotopic (exact) mass is 310 g/mol. The first-order chi connectivity index (χ1) is 11.2. The Morgan fingerprint density at radius 2 is 2.09 bits per heavy atom. The van der Waals surface area contributed by atoms with E-state index in [9.17, 15) is 4.79 Å². The summed E-state index contributed by atoms with van der Waals surface area (Å²) in [4.78, 5) is 16.2. The first-order valence-electron chi connectivity index (χ1n) is 7.42. The number of nitrogens with one attached hydrogen (secondary N) is 1. The number of hydrogen-bond acceptors (Lipinski definition) is 4. The van der Waals surface area contributed by atoms with Gasteiger partial charge in [0.1, 0.15) is 0 Å². The molecule has 0 radical (unpaired) electrons. The number of carbonyl (C=O) groups is 1. The van der Waals surface area contributed by atoms with Crippen molar-refractivity contribution in [3.05, 3.63) is 66.0 Å². The van der Waals surface area contributed by atoms with Crippen LogP contribution >= 0.6 is 0 Å². The van der Waals surface area contributed by atoms with Crippen molar-refractivity contribution in [2.45, 2.75) is 20.0 Å². The molecule has 0 saturated carbocycles. The molecule has 118 valence electrons. The van der Waals surface area contributed by atoms with Crippen LogP contribution in [0.4, 0.5) is 0 Å². The van der Waals surface area contributed by atoms with E-state index in [1.807, 2.05) is 48.0 Å². The molecule has 0 unspecified atom stereocenters. The summed E-state index contributed by atoms with van der Waals surface area (Å²) >= 11 is 0. The van der Waals surface area contributed by atoms with E-state index >= 15 is 0 Å². The van der Waals surface area contributed by atoms with E-state index in [1.54, 1.807) is 17.2 Å². The maximum atomic E-state index is 12.2. The third kappa shape index (κ3) is 3.63. The van der Waals surface area contributed by atoms with E-state index in [4.69, 9.17) is 0 Å². The van der Waals surface area contributed by atoms with Crippen LogP contribution in [-0.4, -0.2) is 37.0 Å². The fourth-order valence-electron chi connectivity index (χ4n) is 2.28. The minimum Gasteiger partial charge on any atom is -0.349 e. The number of benzene rings is 1. The zero-order valence-electron chi connectivity index (χ0n) is 12.9. The molecule has 2 aromatic heterocycles. The van der Waals surface area contributed by atoms with Gasteiger partial charge >= 0.3 is 0 Å². The number of imidazole rings is 1. The van der Waals surface area contributed by atoms with Crippen molar-refractivity contribution in [3.63, 3.8) is 0 Å². The summed E-state index contributed by atoms with van der Waals surface area (Å²) in [5, 5.41) is 10.9. The molecule has 1 amide bonds. The lowest BCUT2D eigenvalue weighted by atomic mass is 10.2. The standard InChI is InChI=1S/C16H18N6O/c1-13-15(16(23)18-8-10-21-9-7-17-12-21)19-20-22(13)11-14-5-3-2-4-6-14/h2-7,9,12H,8,10-11H2,1H3,(H,18,23). The highest BCUT2D eigenvalue weighted by molar-refractivity contribution is 5.93. The van der Waals surface area contributed by atoms with Crippen molar-refractivity contribution >= 4 is 5.91 Å². The second-order valence-electron chi connectivity index (χ2n) is 5.22. The van der Waals surface area contributed by atoms with Gasteiger partial charge in [0.15, 0.2) is 5.69 Å². The van der Waals surface area contributed by atoms with Gasteiger partial charge in [0, 0.05) is 25.5 Å². The Balaban J connectivity index is 1.60. The maximum Gasteiger partial charge on any atom is 0.273 e. The largest absolute Gasteiger partial charge is 0.349 e. The average molecular weight is 310 g/mol. The number of hydrogen-bond donors (Lipinski definition) is 1. The number of amides is 1. The molecule has 0 bridgehead atoms. The second-order valence-corrected chi connectivity index (χ2v) is 5.22. The first-order valence-corrected chi connectivity index (χ1v) is 7.42. The number of nitrogens with zero attached hydrogens (tertiary/aromatic N) is 5. The van der Waals surface area contributed by atoms with Gasteiger partial charge in [-0.25, -0.2) is 9.67 Å². The second kappa shape index (κ2) is 6.87. The first kappa shape index (κ1) is 15.0.